The van der Waals surface area contributed by atoms with Gasteiger partial charge in [-0.3, -0.25) is 8.80 Å². The number of rotatable bonds is 4. The topological polar surface area (TPSA) is 110 Å². The zero-order valence-electron chi connectivity index (χ0n) is 18.1. The van der Waals surface area contributed by atoms with Gasteiger partial charge in [-0.25, -0.2) is 9.18 Å². The molecule has 1 aromatic carbocycles. The number of carbonyl (C=O) groups is 1. The van der Waals surface area contributed by atoms with Gasteiger partial charge in [0.1, 0.15) is 23.6 Å². The fourth-order valence-electron chi connectivity index (χ4n) is 4.87. The van der Waals surface area contributed by atoms with Crippen LogP contribution in [0.15, 0.2) is 59.5 Å². The third-order valence-electron chi connectivity index (χ3n) is 6.50. The summed E-state index contributed by atoms with van der Waals surface area (Å²) in [5.74, 6) is 1.19. The number of oxazole rings is 1. The van der Waals surface area contributed by atoms with Crippen LogP contribution in [0, 0.1) is 5.82 Å². The molecule has 0 bridgehead atoms. The number of hydrogen-bond donors (Lipinski definition) is 2. The lowest BCUT2D eigenvalue weighted by molar-refractivity contribution is 0.184. The highest BCUT2D eigenvalue weighted by Gasteiger charge is 2.27. The van der Waals surface area contributed by atoms with Crippen molar-refractivity contribution in [2.75, 3.05) is 0 Å². The Balaban J connectivity index is 1.40. The lowest BCUT2D eigenvalue weighted by Gasteiger charge is -2.27. The molecular formula is C24H21FN6O3. The van der Waals surface area contributed by atoms with Crippen molar-refractivity contribution < 1.29 is 18.7 Å². The normalized spacial score (nSPS) is 18.5. The molecule has 6 rings (SSSR count). The van der Waals surface area contributed by atoms with Crippen molar-refractivity contribution in [3.05, 3.63) is 66.7 Å². The highest BCUT2D eigenvalue weighted by molar-refractivity contribution is 5.81. The summed E-state index contributed by atoms with van der Waals surface area (Å²) >= 11 is 0. The molecular weight excluding hydrogens is 439 g/mol. The van der Waals surface area contributed by atoms with Crippen LogP contribution in [-0.4, -0.2) is 41.2 Å². The first-order valence-electron chi connectivity index (χ1n) is 11.1. The van der Waals surface area contributed by atoms with Gasteiger partial charge < -0.3 is 14.8 Å². The number of benzene rings is 1. The fraction of sp³-hybridized carbons (Fsp3) is 0.250. The van der Waals surface area contributed by atoms with E-state index in [1.54, 1.807) is 24.6 Å². The number of imidazole rings is 1. The number of aromatic nitrogens is 5. The molecule has 2 N–H and O–H groups in total. The molecule has 34 heavy (non-hydrogen) atoms. The van der Waals surface area contributed by atoms with Crippen molar-refractivity contribution in [2.45, 2.75) is 37.6 Å². The number of amides is 1. The second-order valence-corrected chi connectivity index (χ2v) is 8.57. The number of nitrogens with one attached hydrogen (secondary N) is 1. The molecule has 1 amide bonds. The zero-order chi connectivity index (χ0) is 23.2. The summed E-state index contributed by atoms with van der Waals surface area (Å²) in [6.45, 7) is 0. The van der Waals surface area contributed by atoms with Gasteiger partial charge in [-0.2, -0.15) is 4.98 Å². The van der Waals surface area contributed by atoms with Crippen molar-refractivity contribution in [2.24, 2.45) is 0 Å². The van der Waals surface area contributed by atoms with E-state index in [0.717, 1.165) is 54.0 Å². The average molecular weight is 460 g/mol. The molecule has 1 aliphatic rings. The third-order valence-corrected chi connectivity index (χ3v) is 6.50. The Labute approximate surface area is 192 Å². The SMILES string of the molecule is O=C(O)N[C@H]1CC[C@H](c2nnc3ccc(-c4c(-c5ccc(F)cc5)nc5occn45)cn32)CC1. The minimum Gasteiger partial charge on any atom is -0.465 e. The molecule has 4 heterocycles. The maximum absolute atomic E-state index is 13.5. The Morgan fingerprint density at radius 2 is 1.79 bits per heavy atom. The Hall–Kier alpha value is -4.21. The van der Waals surface area contributed by atoms with E-state index in [-0.39, 0.29) is 17.8 Å². The van der Waals surface area contributed by atoms with Gasteiger partial charge in [0, 0.05) is 35.5 Å². The Kier molecular flexibility index (Phi) is 4.79. The number of hydrogen-bond acceptors (Lipinski definition) is 5. The van der Waals surface area contributed by atoms with Crippen LogP contribution >= 0.6 is 0 Å². The van der Waals surface area contributed by atoms with Crippen LogP contribution in [0.1, 0.15) is 37.4 Å². The number of halogens is 1. The van der Waals surface area contributed by atoms with Crippen LogP contribution in [0.3, 0.4) is 0 Å². The fourth-order valence-corrected chi connectivity index (χ4v) is 4.87. The van der Waals surface area contributed by atoms with E-state index in [1.165, 1.54) is 12.1 Å². The number of carboxylic acid groups (broad SMARTS) is 1. The Morgan fingerprint density at radius 3 is 2.56 bits per heavy atom. The summed E-state index contributed by atoms with van der Waals surface area (Å²) in [7, 11) is 0. The first kappa shape index (κ1) is 20.4. The highest BCUT2D eigenvalue weighted by Crippen LogP contribution is 2.35. The molecule has 0 unspecified atom stereocenters. The molecule has 172 valence electrons. The number of nitrogens with zero attached hydrogens (tertiary/aromatic N) is 5. The van der Waals surface area contributed by atoms with Crippen molar-refractivity contribution in [1.82, 2.24) is 29.3 Å². The van der Waals surface area contributed by atoms with Crippen LogP contribution in [0.5, 0.6) is 0 Å². The van der Waals surface area contributed by atoms with Crippen molar-refractivity contribution in [1.29, 1.82) is 0 Å². The van der Waals surface area contributed by atoms with Crippen LogP contribution < -0.4 is 5.32 Å². The molecule has 5 aromatic rings. The van der Waals surface area contributed by atoms with Gasteiger partial charge in [-0.1, -0.05) is 0 Å². The molecule has 0 spiro atoms. The van der Waals surface area contributed by atoms with Crippen molar-refractivity contribution in [3.8, 4) is 22.5 Å². The standard InChI is InChI=1S/C24H21FN6O3/c25-17-6-1-14(2-7-17)20-21(30-11-12-34-23(30)27-20)16-5-10-19-28-29-22(31(19)13-16)15-3-8-18(9-4-15)26-24(32)33/h1-2,5-7,10-13,15,18,26H,3-4,8-9H2,(H,32,33)/t15-,18-. The maximum atomic E-state index is 13.5. The molecule has 0 radical (unpaired) electrons. The zero-order valence-corrected chi connectivity index (χ0v) is 18.1. The third kappa shape index (κ3) is 3.47. The van der Waals surface area contributed by atoms with Gasteiger partial charge in [0.2, 0.25) is 0 Å². The monoisotopic (exact) mass is 460 g/mol. The molecule has 1 saturated carbocycles. The van der Waals surface area contributed by atoms with E-state index in [2.05, 4.69) is 20.5 Å². The Bertz CT molecular complexity index is 1490. The van der Waals surface area contributed by atoms with Gasteiger partial charge >= 0.3 is 11.9 Å². The van der Waals surface area contributed by atoms with Crippen molar-refractivity contribution in [3.63, 3.8) is 0 Å². The van der Waals surface area contributed by atoms with Gasteiger partial charge in [0.25, 0.3) is 0 Å². The second-order valence-electron chi connectivity index (χ2n) is 8.57. The molecule has 0 atom stereocenters. The van der Waals surface area contributed by atoms with Crippen LogP contribution in [0.25, 0.3) is 34.0 Å². The van der Waals surface area contributed by atoms with Crippen molar-refractivity contribution >= 4 is 17.6 Å². The molecule has 0 saturated heterocycles. The van der Waals surface area contributed by atoms with E-state index in [1.807, 2.05) is 27.1 Å². The largest absolute Gasteiger partial charge is 0.465 e. The molecule has 1 fully saturated rings. The van der Waals surface area contributed by atoms with E-state index in [0.29, 0.717) is 11.5 Å². The highest BCUT2D eigenvalue weighted by atomic mass is 19.1. The van der Waals surface area contributed by atoms with E-state index in [9.17, 15) is 9.18 Å². The number of fused-ring (bicyclic) bond motifs is 2. The van der Waals surface area contributed by atoms with Gasteiger partial charge in [0.15, 0.2) is 5.65 Å². The predicted octanol–water partition coefficient (Wildman–Crippen LogP) is 4.74. The first-order chi connectivity index (χ1) is 16.6. The smallest absolute Gasteiger partial charge is 0.404 e. The van der Waals surface area contributed by atoms with E-state index < -0.39 is 6.09 Å². The molecule has 9 nitrogen and oxygen atoms in total. The summed E-state index contributed by atoms with van der Waals surface area (Å²) in [4.78, 5) is 15.6. The number of pyridine rings is 1. The second kappa shape index (κ2) is 7.98. The van der Waals surface area contributed by atoms with Gasteiger partial charge in [-0.15, -0.1) is 10.2 Å². The molecule has 10 heteroatoms. The van der Waals surface area contributed by atoms with Crippen LogP contribution in [-0.2, 0) is 0 Å². The summed E-state index contributed by atoms with van der Waals surface area (Å²) in [5, 5.41) is 20.4. The summed E-state index contributed by atoms with van der Waals surface area (Å²) in [5.41, 5.74) is 3.92. The minimum atomic E-state index is -0.982. The molecule has 0 aliphatic heterocycles. The Morgan fingerprint density at radius 1 is 1.03 bits per heavy atom. The van der Waals surface area contributed by atoms with E-state index in [4.69, 9.17) is 9.52 Å². The quantitative estimate of drug-likeness (QED) is 0.401. The van der Waals surface area contributed by atoms with E-state index >= 15 is 0 Å². The summed E-state index contributed by atoms with van der Waals surface area (Å²) in [6.07, 6.45) is 7.58. The van der Waals surface area contributed by atoms with Gasteiger partial charge in [0.05, 0.1) is 5.69 Å². The van der Waals surface area contributed by atoms with Crippen LogP contribution in [0.4, 0.5) is 9.18 Å². The first-order valence-corrected chi connectivity index (χ1v) is 11.1. The lowest BCUT2D eigenvalue weighted by atomic mass is 9.85. The van der Waals surface area contributed by atoms with Crippen LogP contribution in [0.2, 0.25) is 0 Å². The molecule has 4 aromatic heterocycles. The van der Waals surface area contributed by atoms with Gasteiger partial charge in [-0.05, 0) is 62.1 Å². The average Bonchev–Trinajstić information content (AvgIpc) is 3.54. The summed E-state index contributed by atoms with van der Waals surface area (Å²) in [6, 6.07) is 10.1. The summed E-state index contributed by atoms with van der Waals surface area (Å²) < 4.78 is 22.9. The molecule has 1 aliphatic carbocycles. The lowest BCUT2D eigenvalue weighted by Crippen LogP contribution is -2.36. The predicted molar refractivity (Wildman–Crippen MR) is 121 cm³/mol. The maximum Gasteiger partial charge on any atom is 0.404 e. The minimum absolute atomic E-state index is 0.0251.